The molecule has 1 rings (SSSR count). The number of thioether (sulfide) groups is 1. The van der Waals surface area contributed by atoms with Crippen molar-refractivity contribution in [3.8, 4) is 0 Å². The van der Waals surface area contributed by atoms with Crippen LogP contribution < -0.4 is 10.6 Å². The summed E-state index contributed by atoms with van der Waals surface area (Å²) in [5.74, 6) is 2.04. The molecule has 0 aromatic carbocycles. The van der Waals surface area contributed by atoms with Crippen LogP contribution in [0.4, 0.5) is 0 Å². The Kier molecular flexibility index (Phi) is 9.38. The number of hydrogen-bond donors (Lipinski definition) is 2. The molecule has 0 unspecified atom stereocenters. The normalized spacial score (nSPS) is 16.3. The second-order valence-corrected chi connectivity index (χ2v) is 4.26. The Morgan fingerprint density at radius 1 is 1.47 bits per heavy atom. The van der Waals surface area contributed by atoms with Gasteiger partial charge in [0.2, 0.25) is 0 Å². The van der Waals surface area contributed by atoms with Gasteiger partial charge in [-0.15, -0.1) is 24.0 Å². The van der Waals surface area contributed by atoms with Crippen LogP contribution in [0.5, 0.6) is 0 Å². The number of nitrogens with one attached hydrogen (secondary N) is 2. The molecular weight excluding hydrogens is 321 g/mol. The highest BCUT2D eigenvalue weighted by atomic mass is 127. The van der Waals surface area contributed by atoms with E-state index in [1.165, 1.54) is 0 Å². The Morgan fingerprint density at radius 3 is 2.67 bits per heavy atom. The SMILES string of the molecule is CN=C(NCCSC)NC1CC=CC1.I. The number of hydrogen-bond acceptors (Lipinski definition) is 2. The highest BCUT2D eigenvalue weighted by molar-refractivity contribution is 14.0. The van der Waals surface area contributed by atoms with E-state index in [1.54, 1.807) is 0 Å². The minimum Gasteiger partial charge on any atom is -0.356 e. The first-order chi connectivity index (χ1) is 6.86. The fourth-order valence-electron chi connectivity index (χ4n) is 1.39. The van der Waals surface area contributed by atoms with Gasteiger partial charge in [0.15, 0.2) is 5.96 Å². The number of guanidine groups is 1. The summed E-state index contributed by atoms with van der Waals surface area (Å²) in [6.07, 6.45) is 8.77. The maximum absolute atomic E-state index is 4.18. The zero-order valence-corrected chi connectivity index (χ0v) is 12.5. The lowest BCUT2D eigenvalue weighted by Gasteiger charge is -2.16. The van der Waals surface area contributed by atoms with Crippen LogP contribution in [0.25, 0.3) is 0 Å². The van der Waals surface area contributed by atoms with Crippen molar-refractivity contribution in [3.05, 3.63) is 12.2 Å². The third-order valence-corrected chi connectivity index (χ3v) is 2.78. The van der Waals surface area contributed by atoms with Crippen molar-refractivity contribution in [2.24, 2.45) is 4.99 Å². The fourth-order valence-corrected chi connectivity index (χ4v) is 1.70. The van der Waals surface area contributed by atoms with Crippen LogP contribution in [0.3, 0.4) is 0 Å². The van der Waals surface area contributed by atoms with Crippen molar-refractivity contribution in [2.75, 3.05) is 25.6 Å². The van der Waals surface area contributed by atoms with Crippen molar-refractivity contribution in [3.63, 3.8) is 0 Å². The first-order valence-electron chi connectivity index (χ1n) is 4.98. The Hall–Kier alpha value is 0.0900. The van der Waals surface area contributed by atoms with Crippen molar-refractivity contribution in [2.45, 2.75) is 18.9 Å². The summed E-state index contributed by atoms with van der Waals surface area (Å²) in [4.78, 5) is 4.18. The van der Waals surface area contributed by atoms with Crippen molar-refractivity contribution in [1.82, 2.24) is 10.6 Å². The Labute approximate surface area is 114 Å². The van der Waals surface area contributed by atoms with Crippen molar-refractivity contribution < 1.29 is 0 Å². The molecular formula is C10H20IN3S. The van der Waals surface area contributed by atoms with E-state index in [1.807, 2.05) is 18.8 Å². The molecule has 1 aliphatic carbocycles. The van der Waals surface area contributed by atoms with E-state index in [4.69, 9.17) is 0 Å². The zero-order valence-electron chi connectivity index (χ0n) is 9.32. The van der Waals surface area contributed by atoms with Gasteiger partial charge in [0, 0.05) is 25.4 Å². The standard InChI is InChI=1S/C10H19N3S.HI/c1-11-10(12-7-8-14-2)13-9-5-3-4-6-9;/h3-4,9H,5-8H2,1-2H3,(H2,11,12,13);1H. The van der Waals surface area contributed by atoms with Gasteiger partial charge >= 0.3 is 0 Å². The second kappa shape index (κ2) is 9.33. The summed E-state index contributed by atoms with van der Waals surface area (Å²) < 4.78 is 0. The summed E-state index contributed by atoms with van der Waals surface area (Å²) in [5.41, 5.74) is 0. The van der Waals surface area contributed by atoms with Gasteiger partial charge in [0.1, 0.15) is 0 Å². The Bertz CT molecular complexity index is 211. The molecule has 0 bridgehead atoms. The molecule has 0 spiro atoms. The van der Waals surface area contributed by atoms with Crippen LogP contribution in [0.1, 0.15) is 12.8 Å². The minimum absolute atomic E-state index is 0. The highest BCUT2D eigenvalue weighted by Crippen LogP contribution is 2.08. The molecule has 0 fully saturated rings. The molecule has 2 N–H and O–H groups in total. The van der Waals surface area contributed by atoms with Gasteiger partial charge in [-0.25, -0.2) is 0 Å². The van der Waals surface area contributed by atoms with E-state index in [-0.39, 0.29) is 24.0 Å². The molecule has 3 nitrogen and oxygen atoms in total. The lowest BCUT2D eigenvalue weighted by molar-refractivity contribution is 0.636. The average molecular weight is 341 g/mol. The minimum atomic E-state index is 0. The molecule has 0 saturated heterocycles. The lowest BCUT2D eigenvalue weighted by Crippen LogP contribution is -2.43. The zero-order chi connectivity index (χ0) is 10.2. The van der Waals surface area contributed by atoms with Crippen molar-refractivity contribution >= 4 is 41.7 Å². The maximum atomic E-state index is 4.18. The molecule has 0 aliphatic heterocycles. The van der Waals surface area contributed by atoms with E-state index in [0.29, 0.717) is 6.04 Å². The van der Waals surface area contributed by atoms with Gasteiger partial charge in [0.25, 0.3) is 0 Å². The first-order valence-corrected chi connectivity index (χ1v) is 6.37. The Balaban J connectivity index is 0.00000196. The monoisotopic (exact) mass is 341 g/mol. The van der Waals surface area contributed by atoms with Gasteiger partial charge in [-0.05, 0) is 19.1 Å². The molecule has 0 aromatic rings. The number of halogens is 1. The van der Waals surface area contributed by atoms with Crippen molar-refractivity contribution in [1.29, 1.82) is 0 Å². The second-order valence-electron chi connectivity index (χ2n) is 3.28. The maximum Gasteiger partial charge on any atom is 0.191 e. The van der Waals surface area contributed by atoms with E-state index in [0.717, 1.165) is 31.1 Å². The third-order valence-electron chi connectivity index (χ3n) is 2.17. The highest BCUT2D eigenvalue weighted by Gasteiger charge is 2.10. The topological polar surface area (TPSA) is 36.4 Å². The summed E-state index contributed by atoms with van der Waals surface area (Å²) in [7, 11) is 1.82. The number of nitrogens with zero attached hydrogens (tertiary/aromatic N) is 1. The molecule has 1 aliphatic rings. The van der Waals surface area contributed by atoms with Crippen LogP contribution >= 0.6 is 35.7 Å². The molecule has 0 amide bonds. The van der Waals surface area contributed by atoms with Gasteiger partial charge in [0.05, 0.1) is 0 Å². The number of aliphatic imine (C=N–C) groups is 1. The largest absolute Gasteiger partial charge is 0.356 e. The summed E-state index contributed by atoms with van der Waals surface area (Å²) >= 11 is 1.84. The van der Waals surface area contributed by atoms with Crippen LogP contribution in [-0.2, 0) is 0 Å². The fraction of sp³-hybridized carbons (Fsp3) is 0.700. The van der Waals surface area contributed by atoms with E-state index >= 15 is 0 Å². The predicted octanol–water partition coefficient (Wildman–Crippen LogP) is 1.85. The van der Waals surface area contributed by atoms with E-state index in [9.17, 15) is 0 Å². The number of rotatable bonds is 4. The van der Waals surface area contributed by atoms with Gasteiger partial charge in [-0.1, -0.05) is 12.2 Å². The van der Waals surface area contributed by atoms with E-state index < -0.39 is 0 Å². The van der Waals surface area contributed by atoms with Gasteiger partial charge in [-0.3, -0.25) is 4.99 Å². The van der Waals surface area contributed by atoms with Crippen LogP contribution in [-0.4, -0.2) is 37.6 Å². The quantitative estimate of drug-likeness (QED) is 0.269. The Morgan fingerprint density at radius 2 is 2.13 bits per heavy atom. The predicted molar refractivity (Wildman–Crippen MR) is 80.5 cm³/mol. The van der Waals surface area contributed by atoms with Crippen LogP contribution in [0.15, 0.2) is 17.1 Å². The smallest absolute Gasteiger partial charge is 0.191 e. The molecule has 0 saturated carbocycles. The van der Waals surface area contributed by atoms with Gasteiger partial charge in [-0.2, -0.15) is 11.8 Å². The summed E-state index contributed by atoms with van der Waals surface area (Å²) in [6, 6.07) is 0.537. The molecule has 0 radical (unpaired) electrons. The summed E-state index contributed by atoms with van der Waals surface area (Å²) in [5, 5.41) is 6.68. The van der Waals surface area contributed by atoms with E-state index in [2.05, 4.69) is 34.0 Å². The van der Waals surface area contributed by atoms with Gasteiger partial charge < -0.3 is 10.6 Å². The molecule has 0 heterocycles. The third kappa shape index (κ3) is 6.29. The first kappa shape index (κ1) is 15.1. The van der Waals surface area contributed by atoms with Crippen LogP contribution in [0.2, 0.25) is 0 Å². The average Bonchev–Trinajstić information content (AvgIpc) is 2.69. The van der Waals surface area contributed by atoms with Crippen LogP contribution in [0, 0.1) is 0 Å². The lowest BCUT2D eigenvalue weighted by atomic mass is 10.2. The molecule has 15 heavy (non-hydrogen) atoms. The molecule has 0 atom stereocenters. The molecule has 0 aromatic heterocycles. The molecule has 5 heteroatoms. The summed E-state index contributed by atoms with van der Waals surface area (Å²) in [6.45, 7) is 0.973. The molecule has 88 valence electrons.